The minimum absolute atomic E-state index is 0.0117. The van der Waals surface area contributed by atoms with E-state index in [-0.39, 0.29) is 5.57 Å². The third-order valence-corrected chi connectivity index (χ3v) is 5.79. The minimum Gasteiger partial charge on any atom is -0.312 e. The van der Waals surface area contributed by atoms with Gasteiger partial charge in [-0.1, -0.05) is 28.1 Å². The molecule has 0 aliphatic heterocycles. The second-order valence-electron chi connectivity index (χ2n) is 5.70. The van der Waals surface area contributed by atoms with Crippen LogP contribution in [-0.2, 0) is 17.6 Å². The van der Waals surface area contributed by atoms with E-state index in [2.05, 4.69) is 27.3 Å². The molecule has 1 heterocycles. The Kier molecular flexibility index (Phi) is 5.33. The zero-order chi connectivity index (χ0) is 17.8. The van der Waals surface area contributed by atoms with Crippen LogP contribution >= 0.6 is 27.3 Å². The van der Waals surface area contributed by atoms with Crippen LogP contribution in [0.1, 0.15) is 34.4 Å². The Morgan fingerprint density at radius 1 is 1.20 bits per heavy atom. The molecule has 1 N–H and O–H groups in total. The number of amides is 1. The van der Waals surface area contributed by atoms with Crippen molar-refractivity contribution in [2.45, 2.75) is 25.7 Å². The molecule has 0 unspecified atom stereocenters. The molecule has 1 amide bonds. The van der Waals surface area contributed by atoms with Gasteiger partial charge in [-0.05, 0) is 55.0 Å². The number of nitrogens with one attached hydrogen (secondary N) is 1. The first kappa shape index (κ1) is 17.4. The highest BCUT2D eigenvalue weighted by Crippen LogP contribution is 2.37. The van der Waals surface area contributed by atoms with Crippen molar-refractivity contribution in [3.8, 4) is 12.1 Å². The summed E-state index contributed by atoms with van der Waals surface area (Å²) >= 11 is 4.81. The summed E-state index contributed by atoms with van der Waals surface area (Å²) in [5.41, 5.74) is 2.39. The van der Waals surface area contributed by atoms with Gasteiger partial charge in [-0.2, -0.15) is 10.5 Å². The summed E-state index contributed by atoms with van der Waals surface area (Å²) < 4.78 is 0.926. The number of hydrogen-bond acceptors (Lipinski definition) is 4. The van der Waals surface area contributed by atoms with Gasteiger partial charge in [-0.25, -0.2) is 0 Å². The van der Waals surface area contributed by atoms with Gasteiger partial charge < -0.3 is 5.32 Å². The van der Waals surface area contributed by atoms with Gasteiger partial charge in [0.15, 0.2) is 0 Å². The summed E-state index contributed by atoms with van der Waals surface area (Å²) in [6.45, 7) is 0. The summed E-state index contributed by atoms with van der Waals surface area (Å²) in [7, 11) is 0. The van der Waals surface area contributed by atoms with Gasteiger partial charge in [0.2, 0.25) is 0 Å². The van der Waals surface area contributed by atoms with Gasteiger partial charge in [0.25, 0.3) is 5.91 Å². The van der Waals surface area contributed by atoms with Gasteiger partial charge >= 0.3 is 0 Å². The number of aryl methyl sites for hydroxylation is 1. The SMILES string of the molecule is N#C/C(=C\c1ccc(Br)cc1)C(=O)Nc1sc2c(c1C#N)CCCC2. The van der Waals surface area contributed by atoms with Crippen LogP contribution in [0.2, 0.25) is 0 Å². The van der Waals surface area contributed by atoms with E-state index in [1.54, 1.807) is 6.08 Å². The third kappa shape index (κ3) is 3.82. The maximum absolute atomic E-state index is 12.5. The van der Waals surface area contributed by atoms with E-state index < -0.39 is 5.91 Å². The van der Waals surface area contributed by atoms with E-state index in [0.29, 0.717) is 10.6 Å². The van der Waals surface area contributed by atoms with Crippen molar-refractivity contribution in [3.05, 3.63) is 55.9 Å². The fourth-order valence-electron chi connectivity index (χ4n) is 2.82. The standard InChI is InChI=1S/C19H14BrN3OS/c20-14-7-5-12(6-8-14)9-13(10-21)18(24)23-19-16(11-22)15-3-1-2-4-17(15)25-19/h5-9H,1-4H2,(H,23,24)/b13-9+. The third-order valence-electron chi connectivity index (χ3n) is 4.06. The van der Waals surface area contributed by atoms with E-state index in [9.17, 15) is 15.3 Å². The molecule has 124 valence electrons. The lowest BCUT2D eigenvalue weighted by molar-refractivity contribution is -0.112. The first-order valence-corrected chi connectivity index (χ1v) is 9.46. The Balaban J connectivity index is 1.86. The number of anilines is 1. The minimum atomic E-state index is -0.486. The summed E-state index contributed by atoms with van der Waals surface area (Å²) in [5.74, 6) is -0.486. The molecular formula is C19H14BrN3OS. The van der Waals surface area contributed by atoms with E-state index in [0.717, 1.165) is 41.3 Å². The highest BCUT2D eigenvalue weighted by Gasteiger charge is 2.22. The fourth-order valence-corrected chi connectivity index (χ4v) is 4.32. The topological polar surface area (TPSA) is 76.7 Å². The van der Waals surface area contributed by atoms with Gasteiger partial charge in [0, 0.05) is 9.35 Å². The Labute approximate surface area is 158 Å². The number of halogens is 1. The summed E-state index contributed by atoms with van der Waals surface area (Å²) in [6.07, 6.45) is 5.55. The van der Waals surface area contributed by atoms with Gasteiger partial charge in [-0.3, -0.25) is 4.79 Å². The summed E-state index contributed by atoms with van der Waals surface area (Å²) in [5, 5.41) is 22.1. The molecule has 0 fully saturated rings. The number of rotatable bonds is 3. The van der Waals surface area contributed by atoms with Crippen LogP contribution in [0.3, 0.4) is 0 Å². The largest absolute Gasteiger partial charge is 0.312 e. The average molecular weight is 412 g/mol. The van der Waals surface area contributed by atoms with Gasteiger partial charge in [0.05, 0.1) is 5.56 Å². The van der Waals surface area contributed by atoms with Crippen LogP contribution in [0.25, 0.3) is 6.08 Å². The van der Waals surface area contributed by atoms with E-state index in [1.807, 2.05) is 30.3 Å². The predicted molar refractivity (Wildman–Crippen MR) is 102 cm³/mol. The lowest BCUT2D eigenvalue weighted by Crippen LogP contribution is -2.13. The molecular weight excluding hydrogens is 398 g/mol. The number of benzene rings is 1. The Hall–Kier alpha value is -2.41. The number of carbonyl (C=O) groups is 1. The molecule has 0 atom stereocenters. The quantitative estimate of drug-likeness (QED) is 0.581. The van der Waals surface area contributed by atoms with Crippen molar-refractivity contribution in [2.75, 3.05) is 5.32 Å². The monoisotopic (exact) mass is 411 g/mol. The molecule has 4 nitrogen and oxygen atoms in total. The number of nitrogens with zero attached hydrogens (tertiary/aromatic N) is 2. The zero-order valence-corrected chi connectivity index (χ0v) is 15.7. The number of fused-ring (bicyclic) bond motifs is 1. The highest BCUT2D eigenvalue weighted by molar-refractivity contribution is 9.10. The van der Waals surface area contributed by atoms with Crippen molar-refractivity contribution >= 4 is 44.3 Å². The normalized spacial score (nSPS) is 13.5. The molecule has 0 spiro atoms. The molecule has 0 saturated heterocycles. The molecule has 1 aromatic heterocycles. The lowest BCUT2D eigenvalue weighted by Gasteiger charge is -2.09. The number of nitriles is 2. The molecule has 0 bridgehead atoms. The molecule has 1 aliphatic carbocycles. The van der Waals surface area contributed by atoms with Crippen molar-refractivity contribution < 1.29 is 4.79 Å². The highest BCUT2D eigenvalue weighted by atomic mass is 79.9. The summed E-state index contributed by atoms with van der Waals surface area (Å²) in [4.78, 5) is 13.7. The van der Waals surface area contributed by atoms with Crippen LogP contribution < -0.4 is 5.32 Å². The molecule has 0 saturated carbocycles. The average Bonchev–Trinajstić information content (AvgIpc) is 2.98. The van der Waals surface area contributed by atoms with Crippen LogP contribution in [0.4, 0.5) is 5.00 Å². The van der Waals surface area contributed by atoms with Crippen molar-refractivity contribution in [2.24, 2.45) is 0 Å². The smallest absolute Gasteiger partial charge is 0.266 e. The Bertz CT molecular complexity index is 929. The molecule has 2 aromatic rings. The molecule has 3 rings (SSSR count). The van der Waals surface area contributed by atoms with E-state index in [4.69, 9.17) is 0 Å². The zero-order valence-electron chi connectivity index (χ0n) is 13.3. The number of hydrogen-bond donors (Lipinski definition) is 1. The second-order valence-corrected chi connectivity index (χ2v) is 7.72. The van der Waals surface area contributed by atoms with Crippen molar-refractivity contribution in [1.29, 1.82) is 10.5 Å². The summed E-state index contributed by atoms with van der Waals surface area (Å²) in [6, 6.07) is 11.5. The van der Waals surface area contributed by atoms with Crippen molar-refractivity contribution in [3.63, 3.8) is 0 Å². The Morgan fingerprint density at radius 2 is 1.92 bits per heavy atom. The van der Waals surface area contributed by atoms with Crippen LogP contribution in [0.5, 0.6) is 0 Å². The van der Waals surface area contributed by atoms with E-state index >= 15 is 0 Å². The maximum Gasteiger partial charge on any atom is 0.266 e. The van der Waals surface area contributed by atoms with Gasteiger partial charge in [-0.15, -0.1) is 11.3 Å². The first-order chi connectivity index (χ1) is 12.1. The maximum atomic E-state index is 12.5. The Morgan fingerprint density at radius 3 is 2.60 bits per heavy atom. The molecule has 25 heavy (non-hydrogen) atoms. The molecule has 1 aliphatic rings. The lowest BCUT2D eigenvalue weighted by atomic mass is 9.96. The second kappa shape index (κ2) is 7.65. The number of carbonyl (C=O) groups excluding carboxylic acids is 1. The van der Waals surface area contributed by atoms with Crippen LogP contribution in [0, 0.1) is 22.7 Å². The van der Waals surface area contributed by atoms with Gasteiger partial charge in [0.1, 0.15) is 22.7 Å². The number of thiophene rings is 1. The van der Waals surface area contributed by atoms with E-state index in [1.165, 1.54) is 16.2 Å². The van der Waals surface area contributed by atoms with Crippen molar-refractivity contribution in [1.82, 2.24) is 0 Å². The predicted octanol–water partition coefficient (Wildman–Crippen LogP) is 4.81. The molecule has 6 heteroatoms. The fraction of sp³-hybridized carbons (Fsp3) is 0.211. The van der Waals surface area contributed by atoms with Crippen LogP contribution in [-0.4, -0.2) is 5.91 Å². The molecule has 1 aromatic carbocycles. The first-order valence-electron chi connectivity index (χ1n) is 7.85. The van der Waals surface area contributed by atoms with Crippen LogP contribution in [0.15, 0.2) is 34.3 Å². The molecule has 0 radical (unpaired) electrons.